The molecule has 2 aromatic carbocycles. The number of nitrogens with zero attached hydrogens (tertiary/aromatic N) is 1. The molecule has 0 aliphatic carbocycles. The average Bonchev–Trinajstić information content (AvgIpc) is 2.48. The first-order valence-corrected chi connectivity index (χ1v) is 9.57. The van der Waals surface area contributed by atoms with E-state index in [1.54, 1.807) is 0 Å². The summed E-state index contributed by atoms with van der Waals surface area (Å²) in [5.41, 5.74) is -0.0779. The molecule has 2 aromatic rings. The molecule has 2 rings (SSSR count). The van der Waals surface area contributed by atoms with E-state index in [1.807, 2.05) is 0 Å². The summed E-state index contributed by atoms with van der Waals surface area (Å²) < 4.78 is 26.7. The van der Waals surface area contributed by atoms with Gasteiger partial charge in [-0.2, -0.15) is 0 Å². The molecule has 128 valence electrons. The number of anilines is 1. The maximum absolute atomic E-state index is 13.0. The first-order valence-electron chi connectivity index (χ1n) is 6.24. The number of hydrogen-bond donors (Lipinski definition) is 0. The number of rotatable bonds is 5. The van der Waals surface area contributed by atoms with Crippen LogP contribution in [0.1, 0.15) is 0 Å². The Labute approximate surface area is 163 Å². The lowest BCUT2D eigenvalue weighted by Gasteiger charge is -2.25. The molecule has 0 spiro atoms. The fourth-order valence-electron chi connectivity index (χ4n) is 1.92. The molecule has 0 saturated heterocycles. The molecule has 0 aliphatic heterocycles. The molecule has 0 radical (unpaired) electrons. The highest BCUT2D eigenvalue weighted by molar-refractivity contribution is 7.93. The molecule has 10 heteroatoms. The van der Waals surface area contributed by atoms with Crippen molar-refractivity contribution in [2.75, 3.05) is 10.8 Å². The molecular weight excluding hydrogens is 439 g/mol. The SMILES string of the molecule is O=C(Cl)CN(c1c(Cl)cccc1Cl)S(=O)(=O)c1cc(Cl)ccc1Cl. The van der Waals surface area contributed by atoms with Gasteiger partial charge in [0.2, 0.25) is 5.24 Å². The van der Waals surface area contributed by atoms with Gasteiger partial charge >= 0.3 is 0 Å². The number of benzene rings is 2. The van der Waals surface area contributed by atoms with Gasteiger partial charge < -0.3 is 0 Å². The Bertz CT molecular complexity index is 881. The predicted octanol–water partition coefficient (Wildman–Crippen LogP) is 5.26. The maximum atomic E-state index is 13.0. The van der Waals surface area contributed by atoms with Crippen LogP contribution in [0.15, 0.2) is 41.3 Å². The van der Waals surface area contributed by atoms with Gasteiger partial charge in [-0.25, -0.2) is 8.42 Å². The third kappa shape index (κ3) is 4.10. The van der Waals surface area contributed by atoms with Crippen LogP contribution in [0.2, 0.25) is 20.1 Å². The van der Waals surface area contributed by atoms with Gasteiger partial charge in [0.1, 0.15) is 11.4 Å². The summed E-state index contributed by atoms with van der Waals surface area (Å²) in [5, 5.41) is -0.785. The minimum Gasteiger partial charge on any atom is -0.279 e. The van der Waals surface area contributed by atoms with Crippen molar-refractivity contribution in [1.82, 2.24) is 0 Å². The van der Waals surface area contributed by atoms with E-state index in [-0.39, 0.29) is 30.7 Å². The van der Waals surface area contributed by atoms with Gasteiger partial charge in [-0.05, 0) is 41.9 Å². The predicted molar refractivity (Wildman–Crippen MR) is 98.3 cm³/mol. The number of halogens is 5. The molecule has 0 aromatic heterocycles. The van der Waals surface area contributed by atoms with Crippen LogP contribution in [0, 0.1) is 0 Å². The van der Waals surface area contributed by atoms with Gasteiger partial charge in [0.25, 0.3) is 10.0 Å². The van der Waals surface area contributed by atoms with Crippen molar-refractivity contribution in [1.29, 1.82) is 0 Å². The zero-order chi connectivity index (χ0) is 18.1. The van der Waals surface area contributed by atoms with Crippen molar-refractivity contribution in [3.05, 3.63) is 56.5 Å². The van der Waals surface area contributed by atoms with E-state index in [2.05, 4.69) is 0 Å². The van der Waals surface area contributed by atoms with Crippen molar-refractivity contribution in [2.45, 2.75) is 4.90 Å². The highest BCUT2D eigenvalue weighted by Crippen LogP contribution is 2.38. The van der Waals surface area contributed by atoms with Crippen LogP contribution in [-0.2, 0) is 14.8 Å². The van der Waals surface area contributed by atoms with E-state index >= 15 is 0 Å². The lowest BCUT2D eigenvalue weighted by molar-refractivity contribution is -0.110. The summed E-state index contributed by atoms with van der Waals surface area (Å²) in [5.74, 6) is 0. The molecule has 4 nitrogen and oxygen atoms in total. The summed E-state index contributed by atoms with van der Waals surface area (Å²) >= 11 is 29.4. The molecule has 0 unspecified atom stereocenters. The summed E-state index contributed by atoms with van der Waals surface area (Å²) in [4.78, 5) is 11.1. The third-order valence-electron chi connectivity index (χ3n) is 2.92. The highest BCUT2D eigenvalue weighted by atomic mass is 35.5. The minimum atomic E-state index is -4.30. The Kier molecular flexibility index (Phi) is 6.29. The zero-order valence-electron chi connectivity index (χ0n) is 11.6. The fourth-order valence-corrected chi connectivity index (χ4v) is 5.01. The summed E-state index contributed by atoms with van der Waals surface area (Å²) in [6.07, 6.45) is 0. The van der Waals surface area contributed by atoms with Crippen molar-refractivity contribution < 1.29 is 13.2 Å². The Morgan fingerprint density at radius 3 is 2.08 bits per heavy atom. The maximum Gasteiger partial charge on any atom is 0.266 e. The summed E-state index contributed by atoms with van der Waals surface area (Å²) in [6.45, 7) is -0.684. The molecule has 24 heavy (non-hydrogen) atoms. The zero-order valence-corrected chi connectivity index (χ0v) is 16.2. The Balaban J connectivity index is 2.72. The van der Waals surface area contributed by atoms with Crippen LogP contribution in [0.4, 0.5) is 5.69 Å². The molecule has 0 aliphatic rings. The normalized spacial score (nSPS) is 11.4. The van der Waals surface area contributed by atoms with Gasteiger partial charge in [0, 0.05) is 5.02 Å². The monoisotopic (exact) mass is 445 g/mol. The Morgan fingerprint density at radius 1 is 0.958 bits per heavy atom. The van der Waals surface area contributed by atoms with E-state index in [1.165, 1.54) is 30.3 Å². The standard InChI is InChI=1S/C14H8Cl5NO3S/c15-8-4-5-9(16)12(6-8)24(22,23)20(7-13(19)21)14-10(17)2-1-3-11(14)18/h1-6H,7H2. The second-order valence-electron chi connectivity index (χ2n) is 4.51. The van der Waals surface area contributed by atoms with Crippen LogP contribution in [-0.4, -0.2) is 20.2 Å². The lowest BCUT2D eigenvalue weighted by Crippen LogP contribution is -2.35. The molecule has 0 atom stereocenters. The van der Waals surface area contributed by atoms with E-state index < -0.39 is 21.8 Å². The van der Waals surface area contributed by atoms with Gasteiger partial charge in [-0.1, -0.05) is 52.5 Å². The number of hydrogen-bond acceptors (Lipinski definition) is 3. The second-order valence-corrected chi connectivity index (χ2v) is 8.42. The van der Waals surface area contributed by atoms with Crippen molar-refractivity contribution in [2.24, 2.45) is 0 Å². The van der Waals surface area contributed by atoms with Gasteiger partial charge in [0.05, 0.1) is 20.8 Å². The number of carbonyl (C=O) groups is 1. The van der Waals surface area contributed by atoms with Gasteiger partial charge in [-0.3, -0.25) is 9.10 Å². The molecule has 0 bridgehead atoms. The summed E-state index contributed by atoms with van der Waals surface area (Å²) in [6, 6.07) is 8.32. The molecule has 0 heterocycles. The van der Waals surface area contributed by atoms with Crippen molar-refractivity contribution >= 4 is 79.0 Å². The Hall–Kier alpha value is -0.690. The van der Waals surface area contributed by atoms with E-state index in [0.29, 0.717) is 4.31 Å². The smallest absolute Gasteiger partial charge is 0.266 e. The van der Waals surface area contributed by atoms with Crippen molar-refractivity contribution in [3.63, 3.8) is 0 Å². The molecular formula is C14H8Cl5NO3S. The topological polar surface area (TPSA) is 54.5 Å². The van der Waals surface area contributed by atoms with Crippen LogP contribution >= 0.6 is 58.0 Å². The fraction of sp³-hybridized carbons (Fsp3) is 0.0714. The van der Waals surface area contributed by atoms with Crippen LogP contribution in [0.3, 0.4) is 0 Å². The first kappa shape index (κ1) is 19.6. The molecule has 0 N–H and O–H groups in total. The molecule has 0 amide bonds. The van der Waals surface area contributed by atoms with Crippen LogP contribution in [0.25, 0.3) is 0 Å². The second kappa shape index (κ2) is 7.68. The highest BCUT2D eigenvalue weighted by Gasteiger charge is 2.31. The molecule has 0 saturated carbocycles. The first-order chi connectivity index (χ1) is 11.1. The largest absolute Gasteiger partial charge is 0.279 e. The number of para-hydroxylation sites is 1. The number of sulfonamides is 1. The van der Waals surface area contributed by atoms with Gasteiger partial charge in [-0.15, -0.1) is 0 Å². The van der Waals surface area contributed by atoms with Gasteiger partial charge in [0.15, 0.2) is 0 Å². The van der Waals surface area contributed by atoms with E-state index in [4.69, 9.17) is 58.0 Å². The van der Waals surface area contributed by atoms with E-state index in [0.717, 1.165) is 6.07 Å². The van der Waals surface area contributed by atoms with E-state index in [9.17, 15) is 13.2 Å². The average molecular weight is 448 g/mol. The molecule has 0 fully saturated rings. The van der Waals surface area contributed by atoms with Crippen molar-refractivity contribution in [3.8, 4) is 0 Å². The quantitative estimate of drug-likeness (QED) is 0.588. The lowest BCUT2D eigenvalue weighted by atomic mass is 10.3. The Morgan fingerprint density at radius 2 is 1.54 bits per heavy atom. The third-order valence-corrected chi connectivity index (χ3v) is 6.11. The minimum absolute atomic E-state index is 0.0298. The van der Waals surface area contributed by atoms with Crippen LogP contribution in [0.5, 0.6) is 0 Å². The van der Waals surface area contributed by atoms with Crippen LogP contribution < -0.4 is 4.31 Å². The number of carbonyl (C=O) groups excluding carboxylic acids is 1. The summed E-state index contributed by atoms with van der Waals surface area (Å²) in [7, 11) is -4.30.